The number of esters is 1. The Hall–Kier alpha value is -1.44. The number of cyclic esters (lactones) is 1. The lowest BCUT2D eigenvalue weighted by molar-refractivity contribution is -0.317. The van der Waals surface area contributed by atoms with E-state index in [1.165, 1.54) is 0 Å². The van der Waals surface area contributed by atoms with Crippen LogP contribution in [0.25, 0.3) is 0 Å². The summed E-state index contributed by atoms with van der Waals surface area (Å²) in [5.74, 6) is 1.19. The van der Waals surface area contributed by atoms with Crippen LogP contribution in [0.1, 0.15) is 105 Å². The van der Waals surface area contributed by atoms with Crippen LogP contribution < -0.4 is 5.32 Å². The molecule has 11 heteroatoms. The maximum Gasteiger partial charge on any atom is 0.306 e. The van der Waals surface area contributed by atoms with Gasteiger partial charge in [-0.1, -0.05) is 19.9 Å². The van der Waals surface area contributed by atoms with E-state index < -0.39 is 12.4 Å². The van der Waals surface area contributed by atoms with Crippen LogP contribution in [-0.4, -0.2) is 108 Å². The minimum absolute atomic E-state index is 0.00162. The summed E-state index contributed by atoms with van der Waals surface area (Å²) in [6.07, 6.45) is 8.93. The number of fused-ring (bicyclic) bond motifs is 5. The molecule has 0 amide bonds. The SMILES string of the molecule is CCO[C@@H]1[C@@H](OC)[C@H](C)O[C@@H](O[C@@H]2C[C@H]3CC[C@@H]4[C@@H](C=C5C(=O)[C@H](C)[C@@H](O[C@H]6CC[C@H](CNC)[C@@H](C)O6)CCC[C@H](CC)OC(=O)C[C@H]54)[C@@H]3C2)[C@@H]1OC. The predicted molar refractivity (Wildman–Crippen MR) is 199 cm³/mol. The highest BCUT2D eigenvalue weighted by Gasteiger charge is 2.54. The van der Waals surface area contributed by atoms with Crippen molar-refractivity contribution in [3.05, 3.63) is 11.6 Å². The summed E-state index contributed by atoms with van der Waals surface area (Å²) >= 11 is 0. The number of carbonyl (C=O) groups is 2. The van der Waals surface area contributed by atoms with E-state index in [9.17, 15) is 9.59 Å². The lowest BCUT2D eigenvalue weighted by Crippen LogP contribution is -2.60. The number of hydrogen-bond acceptors (Lipinski definition) is 11. The first-order valence-electron chi connectivity index (χ1n) is 21.0. The average molecular weight is 748 g/mol. The summed E-state index contributed by atoms with van der Waals surface area (Å²) < 4.78 is 50.2. The normalized spacial score (nSPS) is 45.3. The lowest BCUT2D eigenvalue weighted by atomic mass is 9.66. The molecule has 5 fully saturated rings. The van der Waals surface area contributed by atoms with Gasteiger partial charge in [-0.15, -0.1) is 0 Å². The fourth-order valence-corrected chi connectivity index (χ4v) is 11.0. The van der Waals surface area contributed by atoms with Crippen LogP contribution >= 0.6 is 0 Å². The predicted octanol–water partition coefficient (Wildman–Crippen LogP) is 6.01. The van der Waals surface area contributed by atoms with Gasteiger partial charge in [-0.25, -0.2) is 0 Å². The van der Waals surface area contributed by atoms with Crippen LogP contribution in [-0.2, 0) is 47.5 Å². The monoisotopic (exact) mass is 747 g/mol. The zero-order chi connectivity index (χ0) is 37.8. The fraction of sp³-hybridized carbons (Fsp3) is 0.905. The van der Waals surface area contributed by atoms with Crippen molar-refractivity contribution in [2.45, 2.75) is 167 Å². The zero-order valence-electron chi connectivity index (χ0n) is 33.7. The van der Waals surface area contributed by atoms with Crippen molar-refractivity contribution in [1.29, 1.82) is 0 Å². The molecule has 2 saturated carbocycles. The van der Waals surface area contributed by atoms with E-state index >= 15 is 0 Å². The molecular weight excluding hydrogens is 678 g/mol. The highest BCUT2D eigenvalue weighted by Crippen LogP contribution is 2.57. The number of hydrogen-bond donors (Lipinski definition) is 1. The van der Waals surface area contributed by atoms with E-state index in [4.69, 9.17) is 37.9 Å². The number of Topliss-reactive ketones (excluding diaryl/α,β-unsaturated/α-hetero) is 1. The molecule has 3 saturated heterocycles. The first kappa shape index (κ1) is 41.2. The summed E-state index contributed by atoms with van der Waals surface area (Å²) in [5.41, 5.74) is 0.817. The fourth-order valence-electron chi connectivity index (χ4n) is 11.0. The molecule has 17 atom stereocenters. The highest BCUT2D eigenvalue weighted by molar-refractivity contribution is 5.99. The van der Waals surface area contributed by atoms with E-state index in [1.807, 2.05) is 27.8 Å². The molecule has 1 N–H and O–H groups in total. The Bertz CT molecular complexity index is 1250. The van der Waals surface area contributed by atoms with Crippen molar-refractivity contribution >= 4 is 11.8 Å². The molecule has 0 aromatic carbocycles. The second-order valence-electron chi connectivity index (χ2n) is 16.9. The minimum atomic E-state index is -0.568. The maximum atomic E-state index is 14.7. The third kappa shape index (κ3) is 9.08. The number of allylic oxidation sites excluding steroid dienone is 2. The average Bonchev–Trinajstić information content (AvgIpc) is 3.72. The van der Waals surface area contributed by atoms with Gasteiger partial charge in [-0.2, -0.15) is 0 Å². The first-order chi connectivity index (χ1) is 25.6. The molecule has 6 rings (SSSR count). The van der Waals surface area contributed by atoms with Crippen LogP contribution in [0.3, 0.4) is 0 Å². The lowest BCUT2D eigenvalue weighted by Gasteiger charge is -2.44. The molecule has 302 valence electrons. The van der Waals surface area contributed by atoms with E-state index in [1.54, 1.807) is 14.2 Å². The second-order valence-corrected chi connectivity index (χ2v) is 16.9. The Morgan fingerprint density at radius 2 is 1.64 bits per heavy atom. The molecule has 3 aliphatic heterocycles. The Balaban J connectivity index is 1.19. The third-order valence-electron chi connectivity index (χ3n) is 13.8. The van der Waals surface area contributed by atoms with Gasteiger partial charge in [0, 0.05) is 39.2 Å². The summed E-state index contributed by atoms with van der Waals surface area (Å²) in [4.78, 5) is 28.2. The van der Waals surface area contributed by atoms with E-state index in [2.05, 4.69) is 25.2 Å². The third-order valence-corrected chi connectivity index (χ3v) is 13.8. The van der Waals surface area contributed by atoms with Crippen LogP contribution in [0, 0.1) is 41.4 Å². The highest BCUT2D eigenvalue weighted by atomic mass is 16.7. The van der Waals surface area contributed by atoms with Crippen LogP contribution in [0.2, 0.25) is 0 Å². The van der Waals surface area contributed by atoms with Crippen molar-refractivity contribution in [2.75, 3.05) is 34.4 Å². The summed E-state index contributed by atoms with van der Waals surface area (Å²) in [6.45, 7) is 11.7. The smallest absolute Gasteiger partial charge is 0.306 e. The minimum Gasteiger partial charge on any atom is -0.462 e. The van der Waals surface area contributed by atoms with Gasteiger partial charge in [0.05, 0.1) is 30.8 Å². The Morgan fingerprint density at radius 1 is 0.849 bits per heavy atom. The topological polar surface area (TPSA) is 120 Å². The van der Waals surface area contributed by atoms with Crippen molar-refractivity contribution in [2.24, 2.45) is 41.4 Å². The molecule has 11 nitrogen and oxygen atoms in total. The van der Waals surface area contributed by atoms with Crippen molar-refractivity contribution in [3.63, 3.8) is 0 Å². The molecule has 0 unspecified atom stereocenters. The number of nitrogens with one attached hydrogen (secondary N) is 1. The Labute approximate surface area is 318 Å². The zero-order valence-corrected chi connectivity index (χ0v) is 33.7. The van der Waals surface area contributed by atoms with Gasteiger partial charge < -0.3 is 43.2 Å². The maximum absolute atomic E-state index is 14.7. The summed E-state index contributed by atoms with van der Waals surface area (Å²) in [5, 5.41) is 3.29. The molecule has 3 heterocycles. The molecule has 0 bridgehead atoms. The van der Waals surface area contributed by atoms with Crippen LogP contribution in [0.15, 0.2) is 11.6 Å². The number of methoxy groups -OCH3 is 2. The molecule has 6 aliphatic rings. The van der Waals surface area contributed by atoms with Gasteiger partial charge >= 0.3 is 5.97 Å². The molecule has 3 aliphatic carbocycles. The van der Waals surface area contributed by atoms with Crippen molar-refractivity contribution < 1.29 is 47.5 Å². The van der Waals surface area contributed by atoms with E-state index in [0.717, 1.165) is 76.3 Å². The van der Waals surface area contributed by atoms with Gasteiger partial charge in [0.2, 0.25) is 0 Å². The van der Waals surface area contributed by atoms with E-state index in [0.29, 0.717) is 24.4 Å². The number of ketones is 1. The van der Waals surface area contributed by atoms with Crippen molar-refractivity contribution in [1.82, 2.24) is 5.32 Å². The first-order valence-corrected chi connectivity index (χ1v) is 21.0. The van der Waals surface area contributed by atoms with Crippen molar-refractivity contribution in [3.8, 4) is 0 Å². The quantitative estimate of drug-likeness (QED) is 0.251. The van der Waals surface area contributed by atoms with Gasteiger partial charge in [0.1, 0.15) is 24.4 Å². The van der Waals surface area contributed by atoms with Gasteiger partial charge in [0.15, 0.2) is 18.4 Å². The van der Waals surface area contributed by atoms with E-state index in [-0.39, 0.29) is 90.9 Å². The van der Waals surface area contributed by atoms with Gasteiger partial charge in [0.25, 0.3) is 0 Å². The number of ether oxygens (including phenoxy) is 8. The molecule has 0 aromatic heterocycles. The molecule has 0 spiro atoms. The molecule has 53 heavy (non-hydrogen) atoms. The summed E-state index contributed by atoms with van der Waals surface area (Å²) in [6, 6.07) is 0. The summed E-state index contributed by atoms with van der Waals surface area (Å²) in [7, 11) is 5.34. The van der Waals surface area contributed by atoms with Crippen LogP contribution in [0.5, 0.6) is 0 Å². The largest absolute Gasteiger partial charge is 0.462 e. The van der Waals surface area contributed by atoms with Gasteiger partial charge in [-0.05, 0) is 127 Å². The Kier molecular flexibility index (Phi) is 14.5. The molecule has 0 aromatic rings. The van der Waals surface area contributed by atoms with Crippen LogP contribution in [0.4, 0.5) is 0 Å². The molecule has 0 radical (unpaired) electrons. The molecular formula is C42H69NO10. The number of carbonyl (C=O) groups excluding carboxylic acids is 2. The standard InChI is InChI=1S/C42H69NO10/c1-9-28-12-11-13-35(53-37-17-15-27(22-43-6)24(4)49-37)23(3)38(45)34-20-32-30(33(34)21-36(44)51-28)16-14-26-18-29(19-31(26)32)52-42-41(47-8)40(48-10-2)39(46-7)25(5)50-42/h20,23-33,35,37,39-43H,9-19,21-22H2,1-8H3/t23-,24-,25+,26-,27-,28+,29-,30-,31-,32-,33+,35+,37+,39+,40-,41-,42+/m1/s1. The van der Waals surface area contributed by atoms with Gasteiger partial charge in [-0.3, -0.25) is 9.59 Å². The Morgan fingerprint density at radius 3 is 2.34 bits per heavy atom. The number of rotatable bonds is 11. The second kappa shape index (κ2) is 18.7.